The van der Waals surface area contributed by atoms with Crippen LogP contribution in [-0.4, -0.2) is 45.2 Å². The molecular formula is C12H19NO4S3. The van der Waals surface area contributed by atoms with E-state index in [0.717, 1.165) is 9.75 Å². The smallest absolute Gasteiger partial charge is 0.229 e. The summed E-state index contributed by atoms with van der Waals surface area (Å²) in [5.74, 6) is 0.00751. The third kappa shape index (κ3) is 2.93. The number of hydrogen-bond acceptors (Lipinski definition) is 5. The number of nitrogens with zero attached hydrogens (tertiary/aromatic N) is 1. The number of sulfonamides is 1. The lowest BCUT2D eigenvalue weighted by molar-refractivity contribution is 0.354. The summed E-state index contributed by atoms with van der Waals surface area (Å²) in [7, 11) is -6.72. The Kier molecular flexibility index (Phi) is 4.30. The average Bonchev–Trinajstić information content (AvgIpc) is 2.82. The second kappa shape index (κ2) is 5.40. The molecule has 1 aromatic rings. The molecule has 0 bridgehead atoms. The van der Waals surface area contributed by atoms with Crippen molar-refractivity contribution in [3.8, 4) is 0 Å². The van der Waals surface area contributed by atoms with Crippen LogP contribution in [-0.2, 0) is 19.9 Å². The van der Waals surface area contributed by atoms with E-state index >= 15 is 0 Å². The van der Waals surface area contributed by atoms with Crippen molar-refractivity contribution in [2.24, 2.45) is 0 Å². The summed E-state index contributed by atoms with van der Waals surface area (Å²) in [5.41, 5.74) is 0. The molecule has 0 N–H and O–H groups in total. The lowest BCUT2D eigenvalue weighted by Gasteiger charge is -2.25. The minimum Gasteiger partial charge on any atom is -0.229 e. The lowest BCUT2D eigenvalue weighted by Crippen LogP contribution is -2.40. The summed E-state index contributed by atoms with van der Waals surface area (Å²) in [5, 5.41) is 0. The normalized spacial score (nSPS) is 22.5. The zero-order chi connectivity index (χ0) is 15.1. The van der Waals surface area contributed by atoms with Gasteiger partial charge in [-0.1, -0.05) is 6.92 Å². The number of sulfone groups is 1. The third-order valence-electron chi connectivity index (χ3n) is 3.51. The van der Waals surface area contributed by atoms with Gasteiger partial charge in [-0.15, -0.1) is 11.3 Å². The quantitative estimate of drug-likeness (QED) is 0.836. The maximum atomic E-state index is 12.7. The van der Waals surface area contributed by atoms with E-state index in [1.807, 2.05) is 6.92 Å². The number of hydrogen-bond donors (Lipinski definition) is 0. The molecule has 0 unspecified atom stereocenters. The topological polar surface area (TPSA) is 71.5 Å². The van der Waals surface area contributed by atoms with Crippen LogP contribution in [0.1, 0.15) is 23.1 Å². The molecule has 1 fully saturated rings. The molecule has 5 nitrogen and oxygen atoms in total. The highest BCUT2D eigenvalue weighted by Crippen LogP contribution is 2.30. The Hall–Kier alpha value is -0.440. The van der Waals surface area contributed by atoms with Crippen LogP contribution in [0, 0.1) is 13.8 Å². The highest BCUT2D eigenvalue weighted by atomic mass is 32.2. The minimum absolute atomic E-state index is 0.0672. The maximum Gasteiger partial charge on any atom is 0.244 e. The Morgan fingerprint density at radius 1 is 1.40 bits per heavy atom. The highest BCUT2D eigenvalue weighted by molar-refractivity contribution is 7.92. The molecular weight excluding hydrogens is 318 g/mol. The van der Waals surface area contributed by atoms with Crippen molar-refractivity contribution in [3.05, 3.63) is 15.8 Å². The molecule has 20 heavy (non-hydrogen) atoms. The average molecular weight is 337 g/mol. The maximum absolute atomic E-state index is 12.7. The van der Waals surface area contributed by atoms with E-state index in [2.05, 4.69) is 0 Å². The number of aryl methyl sites for hydroxylation is 2. The molecule has 1 atom stereocenters. The summed E-state index contributed by atoms with van der Waals surface area (Å²) < 4.78 is 50.0. The van der Waals surface area contributed by atoms with Gasteiger partial charge in [-0.2, -0.15) is 4.31 Å². The second-order valence-electron chi connectivity index (χ2n) is 5.04. The Morgan fingerprint density at radius 2 is 2.05 bits per heavy atom. The van der Waals surface area contributed by atoms with Crippen molar-refractivity contribution in [2.75, 3.05) is 18.1 Å². The van der Waals surface area contributed by atoms with Crippen LogP contribution in [0.2, 0.25) is 0 Å². The molecule has 1 saturated heterocycles. The van der Waals surface area contributed by atoms with Crippen LogP contribution >= 0.6 is 11.3 Å². The molecule has 0 aliphatic carbocycles. The van der Waals surface area contributed by atoms with E-state index in [-0.39, 0.29) is 18.1 Å². The first-order chi connectivity index (χ1) is 9.17. The van der Waals surface area contributed by atoms with Crippen molar-refractivity contribution < 1.29 is 16.8 Å². The van der Waals surface area contributed by atoms with Crippen LogP contribution in [0.5, 0.6) is 0 Å². The SMILES string of the molecule is CCN([C@H]1CCS(=O)(=O)C1)S(=O)(=O)c1cc(C)sc1C. The van der Waals surface area contributed by atoms with Crippen LogP contribution in [0.3, 0.4) is 0 Å². The molecule has 2 rings (SSSR count). The first-order valence-electron chi connectivity index (χ1n) is 6.46. The van der Waals surface area contributed by atoms with Crippen molar-refractivity contribution in [2.45, 2.75) is 38.1 Å². The first-order valence-corrected chi connectivity index (χ1v) is 10.5. The van der Waals surface area contributed by atoms with Crippen molar-refractivity contribution in [1.82, 2.24) is 4.31 Å². The Labute approximate surface area is 124 Å². The van der Waals surface area contributed by atoms with Crippen LogP contribution in [0.15, 0.2) is 11.0 Å². The Balaban J connectivity index is 2.39. The second-order valence-corrected chi connectivity index (χ2v) is 10.6. The van der Waals surface area contributed by atoms with E-state index in [4.69, 9.17) is 0 Å². The van der Waals surface area contributed by atoms with Gasteiger partial charge in [0.05, 0.1) is 16.4 Å². The van der Waals surface area contributed by atoms with Gasteiger partial charge in [-0.3, -0.25) is 0 Å². The monoisotopic (exact) mass is 337 g/mol. The molecule has 0 aromatic carbocycles. The fourth-order valence-corrected chi connectivity index (χ4v) is 7.63. The minimum atomic E-state index is -3.62. The molecule has 0 saturated carbocycles. The van der Waals surface area contributed by atoms with Crippen molar-refractivity contribution in [3.63, 3.8) is 0 Å². The lowest BCUT2D eigenvalue weighted by atomic mass is 10.3. The molecule has 1 aliphatic rings. The van der Waals surface area contributed by atoms with Gasteiger partial charge < -0.3 is 0 Å². The van der Waals surface area contributed by atoms with Gasteiger partial charge in [0, 0.05) is 22.3 Å². The summed E-state index contributed by atoms with van der Waals surface area (Å²) in [6, 6.07) is 1.23. The van der Waals surface area contributed by atoms with Crippen LogP contribution in [0.4, 0.5) is 0 Å². The van der Waals surface area contributed by atoms with Gasteiger partial charge in [-0.25, -0.2) is 16.8 Å². The van der Waals surface area contributed by atoms with Gasteiger partial charge in [-0.05, 0) is 26.3 Å². The number of rotatable bonds is 4. The fourth-order valence-electron chi connectivity index (χ4n) is 2.62. The van der Waals surface area contributed by atoms with Gasteiger partial charge in [0.25, 0.3) is 0 Å². The van der Waals surface area contributed by atoms with Crippen LogP contribution < -0.4 is 0 Å². The molecule has 1 aromatic heterocycles. The molecule has 0 amide bonds. The molecule has 1 aliphatic heterocycles. The standard InChI is InChI=1S/C12H19NO4S3/c1-4-13(11-5-6-19(14,15)8-11)20(16,17)12-7-9(2)18-10(12)3/h7,11H,4-6,8H2,1-3H3/t11-/m0/s1. The summed E-state index contributed by atoms with van der Waals surface area (Å²) in [6.07, 6.45) is 0.386. The van der Waals surface area contributed by atoms with Crippen molar-refractivity contribution in [1.29, 1.82) is 0 Å². The summed E-state index contributed by atoms with van der Waals surface area (Å²) in [4.78, 5) is 2.00. The third-order valence-corrected chi connectivity index (χ3v) is 8.51. The molecule has 0 spiro atoms. The van der Waals surface area contributed by atoms with Crippen molar-refractivity contribution >= 4 is 31.2 Å². The van der Waals surface area contributed by atoms with Gasteiger partial charge >= 0.3 is 0 Å². The van der Waals surface area contributed by atoms with E-state index in [0.29, 0.717) is 11.3 Å². The zero-order valence-electron chi connectivity index (χ0n) is 11.8. The van der Waals surface area contributed by atoms with Crippen LogP contribution in [0.25, 0.3) is 0 Å². The molecule has 2 heterocycles. The largest absolute Gasteiger partial charge is 0.244 e. The molecule has 114 valence electrons. The Morgan fingerprint density at radius 3 is 2.45 bits per heavy atom. The van der Waals surface area contributed by atoms with Gasteiger partial charge in [0.2, 0.25) is 10.0 Å². The van der Waals surface area contributed by atoms with Gasteiger partial charge in [0.15, 0.2) is 9.84 Å². The highest BCUT2D eigenvalue weighted by Gasteiger charge is 2.38. The first kappa shape index (κ1) is 15.9. The summed E-state index contributed by atoms with van der Waals surface area (Å²) in [6.45, 7) is 5.69. The zero-order valence-corrected chi connectivity index (χ0v) is 14.2. The van der Waals surface area contributed by atoms with E-state index < -0.39 is 25.9 Å². The Bertz CT molecular complexity index is 703. The van der Waals surface area contributed by atoms with E-state index in [1.165, 1.54) is 15.6 Å². The van der Waals surface area contributed by atoms with E-state index in [9.17, 15) is 16.8 Å². The molecule has 0 radical (unpaired) electrons. The van der Waals surface area contributed by atoms with Gasteiger partial charge in [0.1, 0.15) is 0 Å². The number of thiophene rings is 1. The summed E-state index contributed by atoms with van der Waals surface area (Å²) >= 11 is 1.44. The van der Waals surface area contributed by atoms with E-state index in [1.54, 1.807) is 19.9 Å². The predicted octanol–water partition coefficient (Wildman–Crippen LogP) is 1.56. The molecule has 8 heteroatoms. The fraction of sp³-hybridized carbons (Fsp3) is 0.667. The predicted molar refractivity (Wildman–Crippen MR) is 80.4 cm³/mol.